The first-order valence-corrected chi connectivity index (χ1v) is 11.4. The van der Waals surface area contributed by atoms with E-state index in [1.165, 1.54) is 11.8 Å². The molecule has 4 aromatic rings. The number of aromatic nitrogens is 3. The fourth-order valence-corrected chi connectivity index (χ4v) is 4.46. The van der Waals surface area contributed by atoms with Crippen molar-refractivity contribution < 1.29 is 9.53 Å². The van der Waals surface area contributed by atoms with Gasteiger partial charge in [0.1, 0.15) is 5.75 Å². The average molecular weight is 467 g/mol. The van der Waals surface area contributed by atoms with Crippen LogP contribution in [0.5, 0.6) is 5.75 Å². The largest absolute Gasteiger partial charge is 0.497 e. The molecular formula is C24H23ClN4O2S. The molecule has 6 nitrogen and oxygen atoms in total. The summed E-state index contributed by atoms with van der Waals surface area (Å²) in [5, 5.41) is 3.61. The first kappa shape index (κ1) is 22.2. The van der Waals surface area contributed by atoms with E-state index in [2.05, 4.69) is 14.9 Å². The number of nitrogens with one attached hydrogen (secondary N) is 1. The van der Waals surface area contributed by atoms with Crippen LogP contribution in [0.4, 0.5) is 5.82 Å². The Balaban J connectivity index is 1.57. The van der Waals surface area contributed by atoms with Gasteiger partial charge in [-0.1, -0.05) is 47.6 Å². The Morgan fingerprint density at radius 3 is 2.69 bits per heavy atom. The number of hydrogen-bond acceptors (Lipinski definition) is 5. The molecule has 0 radical (unpaired) electrons. The maximum absolute atomic E-state index is 12.8. The molecule has 32 heavy (non-hydrogen) atoms. The quantitative estimate of drug-likeness (QED) is 0.360. The maximum atomic E-state index is 12.8. The second kappa shape index (κ2) is 9.63. The summed E-state index contributed by atoms with van der Waals surface area (Å²) in [4.78, 5) is 21.8. The Morgan fingerprint density at radius 2 is 1.97 bits per heavy atom. The number of halogens is 1. The van der Waals surface area contributed by atoms with E-state index in [-0.39, 0.29) is 5.91 Å². The number of rotatable bonds is 7. The number of hydrogen-bond donors (Lipinski definition) is 1. The van der Waals surface area contributed by atoms with E-state index in [0.717, 1.165) is 33.1 Å². The maximum Gasteiger partial charge on any atom is 0.238 e. The van der Waals surface area contributed by atoms with Crippen LogP contribution in [0, 0.1) is 6.92 Å². The molecule has 0 bridgehead atoms. The van der Waals surface area contributed by atoms with Crippen molar-refractivity contribution in [3.63, 3.8) is 0 Å². The highest BCUT2D eigenvalue weighted by atomic mass is 35.5. The summed E-state index contributed by atoms with van der Waals surface area (Å²) in [5.74, 6) is 0.991. The number of benzene rings is 2. The van der Waals surface area contributed by atoms with E-state index in [1.807, 2.05) is 62.4 Å². The van der Waals surface area contributed by atoms with Crippen LogP contribution in [0.3, 0.4) is 0 Å². The molecular weight excluding hydrogens is 444 g/mol. The second-order valence-corrected chi connectivity index (χ2v) is 9.12. The summed E-state index contributed by atoms with van der Waals surface area (Å²) in [6.07, 6.45) is 1.67. The molecule has 1 N–H and O–H groups in total. The third-order valence-electron chi connectivity index (χ3n) is 4.99. The van der Waals surface area contributed by atoms with Crippen molar-refractivity contribution in [2.24, 2.45) is 0 Å². The smallest absolute Gasteiger partial charge is 0.238 e. The molecule has 0 aliphatic carbocycles. The topological polar surface area (TPSA) is 69.0 Å². The van der Waals surface area contributed by atoms with Gasteiger partial charge in [-0.3, -0.25) is 4.79 Å². The Kier molecular flexibility index (Phi) is 6.67. The van der Waals surface area contributed by atoms with E-state index < -0.39 is 5.25 Å². The summed E-state index contributed by atoms with van der Waals surface area (Å²) in [5.41, 5.74) is 3.95. The van der Waals surface area contributed by atoms with Crippen molar-refractivity contribution >= 4 is 46.1 Å². The molecule has 0 saturated carbocycles. The monoisotopic (exact) mass is 466 g/mol. The lowest BCUT2D eigenvalue weighted by Crippen LogP contribution is -2.23. The number of thioether (sulfide) groups is 1. The van der Waals surface area contributed by atoms with E-state index in [9.17, 15) is 4.79 Å². The van der Waals surface area contributed by atoms with Crippen molar-refractivity contribution in [1.29, 1.82) is 0 Å². The number of fused-ring (bicyclic) bond motifs is 1. The van der Waals surface area contributed by atoms with E-state index in [4.69, 9.17) is 21.3 Å². The van der Waals surface area contributed by atoms with Gasteiger partial charge in [-0.25, -0.2) is 9.97 Å². The molecule has 2 heterocycles. The number of carbonyl (C=O) groups is 1. The van der Waals surface area contributed by atoms with Gasteiger partial charge >= 0.3 is 0 Å². The lowest BCUT2D eigenvalue weighted by molar-refractivity contribution is -0.115. The number of pyridine rings is 1. The summed E-state index contributed by atoms with van der Waals surface area (Å²) < 4.78 is 7.39. The summed E-state index contributed by atoms with van der Waals surface area (Å²) in [6, 6.07) is 17.7. The van der Waals surface area contributed by atoms with E-state index >= 15 is 0 Å². The Morgan fingerprint density at radius 1 is 1.22 bits per heavy atom. The van der Waals surface area contributed by atoms with Crippen LogP contribution in [-0.2, 0) is 11.3 Å². The standard InChI is InChI=1S/C24H23ClN4O2S/c1-15-12-19(25)22(26-13-15)28-23(30)16(2)32-24-27-20-6-4-5-7-21(20)29(24)14-17-8-10-18(31-3)11-9-17/h4-13,16H,14H2,1-3H3,(H,26,28,30). The number of imidazole rings is 1. The molecule has 164 valence electrons. The van der Waals surface area contributed by atoms with Gasteiger partial charge in [-0.15, -0.1) is 0 Å². The highest BCUT2D eigenvalue weighted by Crippen LogP contribution is 2.29. The number of carbonyl (C=O) groups excluding carboxylic acids is 1. The van der Waals surface area contributed by atoms with Crippen molar-refractivity contribution in [2.45, 2.75) is 30.8 Å². The van der Waals surface area contributed by atoms with Gasteiger partial charge < -0.3 is 14.6 Å². The van der Waals surface area contributed by atoms with Gasteiger partial charge in [-0.2, -0.15) is 0 Å². The molecule has 1 atom stereocenters. The fourth-order valence-electron chi connectivity index (χ4n) is 3.27. The van der Waals surface area contributed by atoms with Crippen LogP contribution in [0.25, 0.3) is 11.0 Å². The van der Waals surface area contributed by atoms with Crippen LogP contribution in [0.2, 0.25) is 5.02 Å². The fraction of sp³-hybridized carbons (Fsp3) is 0.208. The lowest BCUT2D eigenvalue weighted by atomic mass is 10.2. The SMILES string of the molecule is COc1ccc(Cn2c(SC(C)C(=O)Nc3ncc(C)cc3Cl)nc3ccccc32)cc1. The van der Waals surface area contributed by atoms with Crippen LogP contribution in [0.1, 0.15) is 18.1 Å². The number of methoxy groups -OCH3 is 1. The number of amides is 1. The van der Waals surface area contributed by atoms with Crippen molar-refractivity contribution in [2.75, 3.05) is 12.4 Å². The molecule has 8 heteroatoms. The number of para-hydroxylation sites is 2. The molecule has 2 aromatic carbocycles. The van der Waals surface area contributed by atoms with Gasteiger partial charge in [0.15, 0.2) is 11.0 Å². The Bertz CT molecular complexity index is 1260. The highest BCUT2D eigenvalue weighted by Gasteiger charge is 2.21. The van der Waals surface area contributed by atoms with Crippen LogP contribution in [0.15, 0.2) is 66.0 Å². The number of aryl methyl sites for hydroxylation is 1. The normalized spacial score (nSPS) is 12.0. The minimum absolute atomic E-state index is 0.184. The molecule has 1 amide bonds. The molecule has 0 fully saturated rings. The number of ether oxygens (including phenoxy) is 1. The molecule has 2 aromatic heterocycles. The molecule has 0 saturated heterocycles. The van der Waals surface area contributed by atoms with E-state index in [0.29, 0.717) is 17.4 Å². The van der Waals surface area contributed by atoms with Gasteiger partial charge in [0, 0.05) is 6.20 Å². The summed E-state index contributed by atoms with van der Waals surface area (Å²) in [6.45, 7) is 4.38. The zero-order valence-electron chi connectivity index (χ0n) is 18.0. The van der Waals surface area contributed by atoms with Gasteiger partial charge in [0.05, 0.1) is 35.0 Å². The average Bonchev–Trinajstić information content (AvgIpc) is 3.13. The zero-order chi connectivity index (χ0) is 22.7. The van der Waals surface area contributed by atoms with Crippen molar-refractivity contribution in [3.8, 4) is 5.75 Å². The number of nitrogens with zero attached hydrogens (tertiary/aromatic N) is 3. The molecule has 1 unspecified atom stereocenters. The molecule has 0 aliphatic heterocycles. The Labute approximate surface area is 196 Å². The Hall–Kier alpha value is -3.03. The summed E-state index contributed by atoms with van der Waals surface area (Å²) in [7, 11) is 1.65. The highest BCUT2D eigenvalue weighted by molar-refractivity contribution is 8.00. The minimum Gasteiger partial charge on any atom is -0.497 e. The first-order valence-electron chi connectivity index (χ1n) is 10.1. The minimum atomic E-state index is -0.402. The van der Waals surface area contributed by atoms with E-state index in [1.54, 1.807) is 19.4 Å². The van der Waals surface area contributed by atoms with Crippen molar-refractivity contribution in [1.82, 2.24) is 14.5 Å². The molecule has 0 aliphatic rings. The van der Waals surface area contributed by atoms with Crippen LogP contribution < -0.4 is 10.1 Å². The van der Waals surface area contributed by atoms with Gasteiger partial charge in [-0.05, 0) is 55.3 Å². The zero-order valence-corrected chi connectivity index (χ0v) is 19.6. The van der Waals surface area contributed by atoms with Gasteiger partial charge in [0.2, 0.25) is 5.91 Å². The predicted molar refractivity (Wildman–Crippen MR) is 130 cm³/mol. The molecule has 0 spiro atoms. The van der Waals surface area contributed by atoms with Crippen molar-refractivity contribution in [3.05, 3.63) is 76.9 Å². The first-order chi connectivity index (χ1) is 15.4. The third kappa shape index (κ3) is 4.89. The predicted octanol–water partition coefficient (Wildman–Crippen LogP) is 5.57. The summed E-state index contributed by atoms with van der Waals surface area (Å²) >= 11 is 7.62. The number of anilines is 1. The van der Waals surface area contributed by atoms with Crippen LogP contribution in [-0.4, -0.2) is 32.8 Å². The third-order valence-corrected chi connectivity index (χ3v) is 6.37. The van der Waals surface area contributed by atoms with Gasteiger partial charge in [0.25, 0.3) is 0 Å². The lowest BCUT2D eigenvalue weighted by Gasteiger charge is -2.14. The second-order valence-electron chi connectivity index (χ2n) is 7.41. The van der Waals surface area contributed by atoms with Crippen LogP contribution >= 0.6 is 23.4 Å². The molecule has 4 rings (SSSR count).